The summed E-state index contributed by atoms with van der Waals surface area (Å²) >= 11 is 1.57. The van der Waals surface area contributed by atoms with Gasteiger partial charge in [-0.1, -0.05) is 0 Å². The van der Waals surface area contributed by atoms with Crippen molar-refractivity contribution in [3.05, 3.63) is 16.1 Å². The van der Waals surface area contributed by atoms with E-state index in [4.69, 9.17) is 0 Å². The normalized spacial score (nSPS) is 17.1. The van der Waals surface area contributed by atoms with Crippen LogP contribution in [0, 0.1) is 6.92 Å². The molecule has 1 aliphatic heterocycles. The van der Waals surface area contributed by atoms with Crippen LogP contribution in [0.2, 0.25) is 0 Å². The van der Waals surface area contributed by atoms with Crippen LogP contribution >= 0.6 is 11.3 Å². The van der Waals surface area contributed by atoms with E-state index in [0.717, 1.165) is 10.7 Å². The second-order valence-electron chi connectivity index (χ2n) is 5.57. The van der Waals surface area contributed by atoms with Crippen LogP contribution in [-0.4, -0.2) is 66.3 Å². The predicted octanol–water partition coefficient (Wildman–Crippen LogP) is 2.27. The molecule has 1 fully saturated rings. The Labute approximate surface area is 137 Å². The molecule has 1 N–H and O–H groups in total. The lowest BCUT2D eigenvalue weighted by molar-refractivity contribution is -0.145. The van der Waals surface area contributed by atoms with Crippen LogP contribution in [0.25, 0.3) is 0 Å². The molecule has 2 heterocycles. The third-order valence-electron chi connectivity index (χ3n) is 3.60. The molecule has 0 aliphatic carbocycles. The van der Waals surface area contributed by atoms with Crippen molar-refractivity contribution in [3.8, 4) is 0 Å². The molecule has 0 unspecified atom stereocenters. The summed E-state index contributed by atoms with van der Waals surface area (Å²) in [5.41, 5.74) is 0.944. The smallest absolute Gasteiger partial charge is 0.338 e. The van der Waals surface area contributed by atoms with Gasteiger partial charge in [0, 0.05) is 44.5 Å². The van der Waals surface area contributed by atoms with E-state index >= 15 is 0 Å². The number of nitrogens with zero attached hydrogens (tertiary/aromatic N) is 3. The first kappa shape index (κ1) is 18.0. The Bertz CT molecular complexity index is 520. The quantitative estimate of drug-likeness (QED) is 0.906. The van der Waals surface area contributed by atoms with Gasteiger partial charge in [0.25, 0.3) is 0 Å². The molecular formula is C14H21F3N4OS. The molecule has 1 aromatic rings. The molecule has 0 aromatic carbocycles. The number of urea groups is 1. The number of halogens is 3. The van der Waals surface area contributed by atoms with Crippen molar-refractivity contribution in [1.29, 1.82) is 0 Å². The summed E-state index contributed by atoms with van der Waals surface area (Å²) in [7, 11) is 0. The van der Waals surface area contributed by atoms with Crippen LogP contribution in [-0.2, 0) is 6.42 Å². The Morgan fingerprint density at radius 3 is 2.78 bits per heavy atom. The summed E-state index contributed by atoms with van der Waals surface area (Å²) in [6.07, 6.45) is -2.98. The Hall–Kier alpha value is -1.35. The zero-order chi connectivity index (χ0) is 16.9. The summed E-state index contributed by atoms with van der Waals surface area (Å²) < 4.78 is 37.3. The summed E-state index contributed by atoms with van der Waals surface area (Å²) in [6, 6.07) is -0.217. The summed E-state index contributed by atoms with van der Waals surface area (Å²) in [6.45, 7) is 2.90. The Balaban J connectivity index is 1.72. The number of alkyl halides is 3. The van der Waals surface area contributed by atoms with E-state index < -0.39 is 12.7 Å². The molecule has 9 heteroatoms. The van der Waals surface area contributed by atoms with Gasteiger partial charge in [-0.3, -0.25) is 4.90 Å². The van der Waals surface area contributed by atoms with E-state index in [1.807, 2.05) is 12.3 Å². The second-order valence-corrected chi connectivity index (χ2v) is 6.63. The van der Waals surface area contributed by atoms with Crippen molar-refractivity contribution in [2.75, 3.05) is 39.3 Å². The maximum atomic E-state index is 12.4. The van der Waals surface area contributed by atoms with Gasteiger partial charge >= 0.3 is 12.2 Å². The fourth-order valence-corrected chi connectivity index (χ4v) is 3.17. The van der Waals surface area contributed by atoms with Crippen LogP contribution in [0.15, 0.2) is 5.38 Å². The van der Waals surface area contributed by atoms with Crippen molar-refractivity contribution in [3.63, 3.8) is 0 Å². The Kier molecular flexibility index (Phi) is 6.23. The highest BCUT2D eigenvalue weighted by molar-refractivity contribution is 7.09. The minimum Gasteiger partial charge on any atom is -0.338 e. The lowest BCUT2D eigenvalue weighted by Crippen LogP contribution is -2.43. The first-order chi connectivity index (χ1) is 10.8. The second kappa shape index (κ2) is 7.96. The van der Waals surface area contributed by atoms with Crippen LogP contribution in [0.4, 0.5) is 18.0 Å². The van der Waals surface area contributed by atoms with E-state index in [2.05, 4.69) is 10.3 Å². The fraction of sp³-hybridized carbons (Fsp3) is 0.714. The first-order valence-corrected chi connectivity index (χ1v) is 8.44. The number of thiazole rings is 1. The maximum absolute atomic E-state index is 12.4. The standard InChI is InChI=1S/C14H21F3N4OS/c1-11-19-12(9-23-11)3-4-18-13(22)21-6-2-5-20(7-8-21)10-14(15,16)17/h9H,2-8,10H2,1H3,(H,18,22). The number of hydrogen-bond acceptors (Lipinski definition) is 4. The number of amides is 2. The Morgan fingerprint density at radius 2 is 2.13 bits per heavy atom. The lowest BCUT2D eigenvalue weighted by atomic mass is 10.3. The maximum Gasteiger partial charge on any atom is 0.401 e. The number of rotatable bonds is 4. The predicted molar refractivity (Wildman–Crippen MR) is 82.6 cm³/mol. The highest BCUT2D eigenvalue weighted by atomic mass is 32.1. The zero-order valence-corrected chi connectivity index (χ0v) is 13.8. The van der Waals surface area contributed by atoms with Crippen molar-refractivity contribution < 1.29 is 18.0 Å². The molecular weight excluding hydrogens is 329 g/mol. The SMILES string of the molecule is Cc1nc(CCNC(=O)N2CCCN(CC(F)(F)F)CC2)cs1. The van der Waals surface area contributed by atoms with Crippen molar-refractivity contribution in [2.24, 2.45) is 0 Å². The van der Waals surface area contributed by atoms with Crippen molar-refractivity contribution >= 4 is 17.4 Å². The van der Waals surface area contributed by atoms with Gasteiger partial charge in [0.15, 0.2) is 0 Å². The van der Waals surface area contributed by atoms with Crippen molar-refractivity contribution in [2.45, 2.75) is 25.9 Å². The molecule has 2 amide bonds. The van der Waals surface area contributed by atoms with Crippen LogP contribution in [0.1, 0.15) is 17.1 Å². The number of nitrogens with one attached hydrogen (secondary N) is 1. The number of carbonyl (C=O) groups excluding carboxylic acids is 1. The Morgan fingerprint density at radius 1 is 1.35 bits per heavy atom. The average molecular weight is 350 g/mol. The van der Waals surface area contributed by atoms with Gasteiger partial charge < -0.3 is 10.2 Å². The highest BCUT2D eigenvalue weighted by Gasteiger charge is 2.31. The highest BCUT2D eigenvalue weighted by Crippen LogP contribution is 2.17. The lowest BCUT2D eigenvalue weighted by Gasteiger charge is -2.23. The minimum atomic E-state index is -4.19. The molecule has 0 bridgehead atoms. The van der Waals surface area contributed by atoms with E-state index in [-0.39, 0.29) is 12.6 Å². The summed E-state index contributed by atoms with van der Waals surface area (Å²) in [4.78, 5) is 19.4. The van der Waals surface area contributed by atoms with Gasteiger partial charge in [0.05, 0.1) is 17.2 Å². The van der Waals surface area contributed by atoms with Gasteiger partial charge in [0.2, 0.25) is 0 Å². The molecule has 2 rings (SSSR count). The molecule has 23 heavy (non-hydrogen) atoms. The molecule has 0 atom stereocenters. The third-order valence-corrected chi connectivity index (χ3v) is 4.42. The molecule has 0 spiro atoms. The number of hydrogen-bond donors (Lipinski definition) is 1. The molecule has 1 aromatic heterocycles. The number of aryl methyl sites for hydroxylation is 1. The molecule has 0 saturated carbocycles. The summed E-state index contributed by atoms with van der Waals surface area (Å²) in [5.74, 6) is 0. The van der Waals surface area contributed by atoms with E-state index in [0.29, 0.717) is 39.0 Å². The minimum absolute atomic E-state index is 0.217. The monoisotopic (exact) mass is 350 g/mol. The molecule has 5 nitrogen and oxygen atoms in total. The molecule has 1 aliphatic rings. The van der Waals surface area contributed by atoms with Crippen LogP contribution in [0.5, 0.6) is 0 Å². The number of carbonyl (C=O) groups is 1. The molecule has 0 radical (unpaired) electrons. The largest absolute Gasteiger partial charge is 0.401 e. The van der Waals surface area contributed by atoms with Crippen molar-refractivity contribution in [1.82, 2.24) is 20.1 Å². The number of aromatic nitrogens is 1. The molecule has 1 saturated heterocycles. The topological polar surface area (TPSA) is 48.5 Å². The van der Waals surface area contributed by atoms with Gasteiger partial charge in [-0.2, -0.15) is 13.2 Å². The third kappa shape index (κ3) is 6.34. The van der Waals surface area contributed by atoms with E-state index in [9.17, 15) is 18.0 Å². The van der Waals surface area contributed by atoms with Gasteiger partial charge in [-0.05, 0) is 13.3 Å². The first-order valence-electron chi connectivity index (χ1n) is 7.56. The van der Waals surface area contributed by atoms with Crippen LogP contribution < -0.4 is 5.32 Å². The van der Waals surface area contributed by atoms with Crippen LogP contribution in [0.3, 0.4) is 0 Å². The summed E-state index contributed by atoms with van der Waals surface area (Å²) in [5, 5.41) is 5.76. The fourth-order valence-electron chi connectivity index (χ4n) is 2.52. The van der Waals surface area contributed by atoms with E-state index in [1.54, 1.807) is 16.2 Å². The van der Waals surface area contributed by atoms with Gasteiger partial charge in [-0.25, -0.2) is 9.78 Å². The average Bonchev–Trinajstić information content (AvgIpc) is 2.72. The molecule has 130 valence electrons. The zero-order valence-electron chi connectivity index (χ0n) is 13.0. The van der Waals surface area contributed by atoms with Gasteiger partial charge in [0.1, 0.15) is 0 Å². The van der Waals surface area contributed by atoms with E-state index in [1.165, 1.54) is 4.90 Å². The van der Waals surface area contributed by atoms with Gasteiger partial charge in [-0.15, -0.1) is 11.3 Å².